The van der Waals surface area contributed by atoms with Gasteiger partial charge < -0.3 is 10.1 Å². The average Bonchev–Trinajstić information content (AvgIpc) is 2.32. The van der Waals surface area contributed by atoms with Crippen molar-refractivity contribution in [3.8, 4) is 11.8 Å². The quantitative estimate of drug-likeness (QED) is 0.505. The summed E-state index contributed by atoms with van der Waals surface area (Å²) in [5, 5.41) is 2.71. The van der Waals surface area contributed by atoms with E-state index in [9.17, 15) is 9.59 Å². The van der Waals surface area contributed by atoms with Crippen LogP contribution in [0.25, 0.3) is 0 Å². The lowest BCUT2D eigenvalue weighted by atomic mass is 10.2. The van der Waals surface area contributed by atoms with E-state index >= 15 is 0 Å². The van der Waals surface area contributed by atoms with Crippen molar-refractivity contribution >= 4 is 29.5 Å². The van der Waals surface area contributed by atoms with Crippen LogP contribution in [-0.2, 0) is 9.59 Å². The van der Waals surface area contributed by atoms with Gasteiger partial charge in [0, 0.05) is 23.6 Å². The third-order valence-electron chi connectivity index (χ3n) is 1.91. The zero-order valence-electron chi connectivity index (χ0n) is 9.20. The Balaban J connectivity index is 2.59. The Hall–Kier alpha value is -1.79. The maximum atomic E-state index is 11.2. The molecule has 17 heavy (non-hydrogen) atoms. The second-order valence-corrected chi connectivity index (χ2v) is 3.62. The Labute approximate surface area is 105 Å². The number of nitrogens with one attached hydrogen (secondary N) is 1. The minimum absolute atomic E-state index is 0.111. The maximum Gasteiger partial charge on any atom is 0.225 e. The molecule has 88 valence electrons. The number of hydrogen-bond acceptors (Lipinski definition) is 2. The predicted molar refractivity (Wildman–Crippen MR) is 68.0 cm³/mol. The van der Waals surface area contributed by atoms with Gasteiger partial charge in [0.15, 0.2) is 0 Å². The van der Waals surface area contributed by atoms with Crippen LogP contribution in [0.2, 0.25) is 0 Å². The van der Waals surface area contributed by atoms with E-state index < -0.39 is 0 Å². The van der Waals surface area contributed by atoms with Crippen LogP contribution in [0.3, 0.4) is 0 Å². The molecular weight excluding hydrogens is 238 g/mol. The van der Waals surface area contributed by atoms with Gasteiger partial charge in [0.2, 0.25) is 5.91 Å². The molecule has 0 heterocycles. The first-order valence-corrected chi connectivity index (χ1v) is 5.68. The molecule has 0 bridgehead atoms. The lowest BCUT2D eigenvalue weighted by Gasteiger charge is -2.03. The molecule has 0 radical (unpaired) electrons. The highest BCUT2D eigenvalue weighted by Gasteiger charge is 2.00. The smallest absolute Gasteiger partial charge is 0.225 e. The first-order valence-electron chi connectivity index (χ1n) is 5.14. The molecule has 0 aliphatic carbocycles. The fraction of sp³-hybridized carbons (Fsp3) is 0.231. The van der Waals surface area contributed by atoms with Crippen molar-refractivity contribution in [2.75, 3.05) is 11.2 Å². The lowest BCUT2D eigenvalue weighted by molar-refractivity contribution is -0.115. The summed E-state index contributed by atoms with van der Waals surface area (Å²) in [6.07, 6.45) is 1.28. The van der Waals surface area contributed by atoms with Crippen molar-refractivity contribution in [3.63, 3.8) is 0 Å². The fourth-order valence-electron chi connectivity index (χ4n) is 1.14. The van der Waals surface area contributed by atoms with Crippen LogP contribution in [0.15, 0.2) is 24.3 Å². The van der Waals surface area contributed by atoms with E-state index in [1.807, 2.05) is 0 Å². The van der Waals surface area contributed by atoms with Gasteiger partial charge >= 0.3 is 0 Å². The molecule has 0 aliphatic rings. The van der Waals surface area contributed by atoms with Crippen molar-refractivity contribution in [1.82, 2.24) is 0 Å². The number of halogens is 1. The van der Waals surface area contributed by atoms with Gasteiger partial charge in [-0.1, -0.05) is 11.8 Å². The predicted octanol–water partition coefficient (Wildman–Crippen LogP) is 2.19. The molecule has 0 fully saturated rings. The second kappa shape index (κ2) is 7.48. The largest absolute Gasteiger partial charge is 0.326 e. The van der Waals surface area contributed by atoms with E-state index in [0.29, 0.717) is 18.0 Å². The van der Waals surface area contributed by atoms with Gasteiger partial charge in [-0.05, 0) is 24.3 Å². The summed E-state index contributed by atoms with van der Waals surface area (Å²) >= 11 is 5.45. The first-order chi connectivity index (χ1) is 8.26. The van der Waals surface area contributed by atoms with E-state index in [0.717, 1.165) is 11.8 Å². The second-order valence-electron chi connectivity index (χ2n) is 3.24. The first kappa shape index (κ1) is 13.3. The van der Waals surface area contributed by atoms with E-state index in [2.05, 4.69) is 17.2 Å². The van der Waals surface area contributed by atoms with Gasteiger partial charge in [0.05, 0.1) is 6.42 Å². The van der Waals surface area contributed by atoms with Gasteiger partial charge in [-0.3, -0.25) is 4.79 Å². The number of rotatable bonds is 4. The van der Waals surface area contributed by atoms with Gasteiger partial charge in [0.25, 0.3) is 0 Å². The molecule has 0 spiro atoms. The van der Waals surface area contributed by atoms with E-state index in [1.165, 1.54) is 0 Å². The van der Waals surface area contributed by atoms with Crippen LogP contribution < -0.4 is 5.32 Å². The molecule has 0 saturated carbocycles. The summed E-state index contributed by atoms with van der Waals surface area (Å²) in [5.41, 5.74) is 1.52. The van der Waals surface area contributed by atoms with Gasteiger partial charge in [-0.2, -0.15) is 0 Å². The van der Waals surface area contributed by atoms with Crippen LogP contribution in [0.4, 0.5) is 5.69 Å². The van der Waals surface area contributed by atoms with Crippen LogP contribution in [0, 0.1) is 11.8 Å². The van der Waals surface area contributed by atoms with Crippen LogP contribution in [0.5, 0.6) is 0 Å². The lowest BCUT2D eigenvalue weighted by Crippen LogP contribution is -2.11. The topological polar surface area (TPSA) is 46.2 Å². The number of alkyl halides is 1. The molecule has 0 aromatic heterocycles. The molecule has 1 rings (SSSR count). The SMILES string of the molecule is O=CCC#Cc1ccc(NC(=O)CCCl)cc1. The number of carbonyl (C=O) groups is 2. The van der Waals surface area contributed by atoms with Crippen LogP contribution in [0.1, 0.15) is 18.4 Å². The van der Waals surface area contributed by atoms with E-state index in [-0.39, 0.29) is 12.3 Å². The number of aldehydes is 1. The third-order valence-corrected chi connectivity index (χ3v) is 2.10. The number of hydrogen-bond donors (Lipinski definition) is 1. The third kappa shape index (κ3) is 5.19. The fourth-order valence-corrected chi connectivity index (χ4v) is 1.31. The molecule has 3 nitrogen and oxygen atoms in total. The van der Waals surface area contributed by atoms with Crippen LogP contribution >= 0.6 is 11.6 Å². The molecule has 1 N–H and O–H groups in total. The molecule has 0 unspecified atom stereocenters. The maximum absolute atomic E-state index is 11.2. The van der Waals surface area contributed by atoms with Gasteiger partial charge in [-0.25, -0.2) is 0 Å². The summed E-state index contributed by atoms with van der Waals surface area (Å²) in [4.78, 5) is 21.3. The van der Waals surface area contributed by atoms with Crippen molar-refractivity contribution in [3.05, 3.63) is 29.8 Å². The average molecular weight is 250 g/mol. The Kier molecular flexibility index (Phi) is 5.84. The number of amides is 1. The highest BCUT2D eigenvalue weighted by molar-refractivity contribution is 6.19. The van der Waals surface area contributed by atoms with Crippen molar-refractivity contribution in [2.24, 2.45) is 0 Å². The van der Waals surface area contributed by atoms with Gasteiger partial charge in [0.1, 0.15) is 6.29 Å². The Bertz CT molecular complexity index is 443. The molecule has 1 aromatic rings. The molecule has 0 saturated heterocycles. The van der Waals surface area contributed by atoms with Crippen molar-refractivity contribution in [2.45, 2.75) is 12.8 Å². The standard InChI is InChI=1S/C13H12ClNO2/c14-9-8-13(17)15-12-6-4-11(5-7-12)3-1-2-10-16/h4-7,10H,2,8-9H2,(H,15,17). The van der Waals surface area contributed by atoms with Crippen molar-refractivity contribution < 1.29 is 9.59 Å². The van der Waals surface area contributed by atoms with Crippen LogP contribution in [-0.4, -0.2) is 18.1 Å². The molecule has 0 atom stereocenters. The Morgan fingerprint density at radius 2 is 2.06 bits per heavy atom. The Morgan fingerprint density at radius 3 is 2.65 bits per heavy atom. The molecule has 1 amide bonds. The summed E-state index contributed by atoms with van der Waals surface area (Å²) in [6.45, 7) is 0. The highest BCUT2D eigenvalue weighted by Crippen LogP contribution is 2.09. The van der Waals surface area contributed by atoms with Crippen molar-refractivity contribution in [1.29, 1.82) is 0 Å². The van der Waals surface area contributed by atoms with E-state index in [1.54, 1.807) is 24.3 Å². The molecule has 0 aliphatic heterocycles. The normalized spacial score (nSPS) is 9.00. The summed E-state index contributed by atoms with van der Waals surface area (Å²) in [5.74, 6) is 5.74. The molecule has 1 aromatic carbocycles. The Morgan fingerprint density at radius 1 is 1.35 bits per heavy atom. The van der Waals surface area contributed by atoms with E-state index in [4.69, 9.17) is 11.6 Å². The number of carbonyl (C=O) groups excluding carboxylic acids is 2. The minimum Gasteiger partial charge on any atom is -0.326 e. The number of benzene rings is 1. The summed E-state index contributed by atoms with van der Waals surface area (Å²) in [7, 11) is 0. The summed E-state index contributed by atoms with van der Waals surface area (Å²) in [6, 6.07) is 7.09. The summed E-state index contributed by atoms with van der Waals surface area (Å²) < 4.78 is 0. The molecular formula is C13H12ClNO2. The molecule has 4 heteroatoms. The zero-order valence-corrected chi connectivity index (χ0v) is 9.96. The number of anilines is 1. The van der Waals surface area contributed by atoms with Gasteiger partial charge in [-0.15, -0.1) is 11.6 Å². The minimum atomic E-state index is -0.111. The zero-order chi connectivity index (χ0) is 12.5. The highest BCUT2D eigenvalue weighted by atomic mass is 35.5. The monoisotopic (exact) mass is 249 g/mol.